The summed E-state index contributed by atoms with van der Waals surface area (Å²) in [5, 5.41) is 1.13. The molecule has 0 aliphatic carbocycles. The fourth-order valence-corrected chi connectivity index (χ4v) is 1.28. The molecular formula is C10H21Br. The molecule has 0 rings (SSSR count). The molecule has 68 valence electrons. The molecule has 0 nitrogen and oxygen atoms in total. The Morgan fingerprint density at radius 2 is 1.64 bits per heavy atom. The van der Waals surface area contributed by atoms with Crippen LogP contribution in [0.25, 0.3) is 0 Å². The molecule has 0 aromatic rings. The molecule has 2 unspecified atom stereocenters. The largest absolute Gasteiger partial charge is 0.0925 e. The second kappa shape index (κ2) is 4.49. The highest BCUT2D eigenvalue weighted by Gasteiger charge is 2.21. The molecule has 2 atom stereocenters. The Balaban J connectivity index is 3.77. The predicted molar refractivity (Wildman–Crippen MR) is 56.2 cm³/mol. The highest BCUT2D eigenvalue weighted by molar-refractivity contribution is 9.09. The third-order valence-electron chi connectivity index (χ3n) is 2.50. The van der Waals surface area contributed by atoms with Crippen LogP contribution in [0.5, 0.6) is 0 Å². The molecule has 1 heteroatoms. The summed E-state index contributed by atoms with van der Waals surface area (Å²) in [5.41, 5.74) is 0.469. The summed E-state index contributed by atoms with van der Waals surface area (Å²) >= 11 is 3.51. The minimum Gasteiger partial charge on any atom is -0.0925 e. The molecule has 0 aliphatic rings. The predicted octanol–water partition coefficient (Wildman–Crippen LogP) is 4.09. The Labute approximate surface area is 79.9 Å². The maximum atomic E-state index is 3.51. The fourth-order valence-electron chi connectivity index (χ4n) is 1.02. The Morgan fingerprint density at radius 3 is 1.91 bits per heavy atom. The van der Waals surface area contributed by atoms with Crippen LogP contribution in [-0.4, -0.2) is 5.33 Å². The van der Waals surface area contributed by atoms with Crippen molar-refractivity contribution in [1.82, 2.24) is 0 Å². The zero-order chi connectivity index (χ0) is 9.07. The number of halogens is 1. The summed E-state index contributed by atoms with van der Waals surface area (Å²) in [6, 6.07) is 0. The summed E-state index contributed by atoms with van der Waals surface area (Å²) in [4.78, 5) is 0. The first-order valence-corrected chi connectivity index (χ1v) is 5.56. The molecule has 0 fully saturated rings. The van der Waals surface area contributed by atoms with Crippen molar-refractivity contribution < 1.29 is 0 Å². The molecule has 0 radical (unpaired) electrons. The van der Waals surface area contributed by atoms with Gasteiger partial charge in [0.1, 0.15) is 0 Å². The van der Waals surface area contributed by atoms with E-state index >= 15 is 0 Å². The second-order valence-electron chi connectivity index (χ2n) is 4.76. The maximum absolute atomic E-state index is 3.51. The van der Waals surface area contributed by atoms with Crippen LogP contribution < -0.4 is 0 Å². The summed E-state index contributed by atoms with van der Waals surface area (Å²) in [5.74, 6) is 1.62. The molecule has 0 aliphatic heterocycles. The van der Waals surface area contributed by atoms with Crippen molar-refractivity contribution in [3.63, 3.8) is 0 Å². The van der Waals surface area contributed by atoms with Gasteiger partial charge in [-0.05, 0) is 23.7 Å². The van der Waals surface area contributed by atoms with E-state index in [0.717, 1.165) is 17.2 Å². The van der Waals surface area contributed by atoms with Gasteiger partial charge in [0.05, 0.1) is 0 Å². The number of hydrogen-bond acceptors (Lipinski definition) is 0. The maximum Gasteiger partial charge on any atom is 0.00571 e. The van der Waals surface area contributed by atoms with Crippen molar-refractivity contribution >= 4 is 15.9 Å². The van der Waals surface area contributed by atoms with Gasteiger partial charge >= 0.3 is 0 Å². The highest BCUT2D eigenvalue weighted by atomic mass is 79.9. The van der Waals surface area contributed by atoms with E-state index in [4.69, 9.17) is 0 Å². The molecule has 0 spiro atoms. The summed E-state index contributed by atoms with van der Waals surface area (Å²) in [6.07, 6.45) is 1.33. The Hall–Kier alpha value is 0.480. The van der Waals surface area contributed by atoms with E-state index in [2.05, 4.69) is 50.5 Å². The van der Waals surface area contributed by atoms with Crippen LogP contribution in [0, 0.1) is 17.3 Å². The molecule has 0 aromatic heterocycles. The zero-order valence-corrected chi connectivity index (χ0v) is 10.0. The van der Waals surface area contributed by atoms with Crippen molar-refractivity contribution in [2.24, 2.45) is 17.3 Å². The highest BCUT2D eigenvalue weighted by Crippen LogP contribution is 2.30. The van der Waals surface area contributed by atoms with Crippen molar-refractivity contribution in [2.75, 3.05) is 5.33 Å². The molecular weight excluding hydrogens is 200 g/mol. The van der Waals surface area contributed by atoms with Gasteiger partial charge in [-0.1, -0.05) is 50.5 Å². The standard InChI is InChI=1S/C10H21Br/c1-8(7-11)6-9(2)10(3,4)5/h8-9H,6-7H2,1-5H3. The average molecular weight is 221 g/mol. The number of hydrogen-bond donors (Lipinski definition) is 0. The quantitative estimate of drug-likeness (QED) is 0.629. The van der Waals surface area contributed by atoms with Gasteiger partial charge in [-0.3, -0.25) is 0 Å². The smallest absolute Gasteiger partial charge is 0.00571 e. The van der Waals surface area contributed by atoms with Crippen LogP contribution in [0.3, 0.4) is 0 Å². The Morgan fingerprint density at radius 1 is 1.18 bits per heavy atom. The van der Waals surface area contributed by atoms with Gasteiger partial charge < -0.3 is 0 Å². The SMILES string of the molecule is CC(CBr)CC(C)C(C)(C)C. The third kappa shape index (κ3) is 4.84. The van der Waals surface area contributed by atoms with Gasteiger partial charge in [0.25, 0.3) is 0 Å². The zero-order valence-electron chi connectivity index (χ0n) is 8.45. The third-order valence-corrected chi connectivity index (χ3v) is 3.60. The molecule has 0 amide bonds. The Bertz CT molecular complexity index is 102. The van der Waals surface area contributed by atoms with Crippen LogP contribution in [0.15, 0.2) is 0 Å². The average Bonchev–Trinajstić information content (AvgIpc) is 1.85. The van der Waals surface area contributed by atoms with Crippen LogP contribution in [0.1, 0.15) is 41.0 Å². The van der Waals surface area contributed by atoms with E-state index in [1.165, 1.54) is 6.42 Å². The lowest BCUT2D eigenvalue weighted by atomic mass is 9.78. The van der Waals surface area contributed by atoms with Crippen molar-refractivity contribution in [3.05, 3.63) is 0 Å². The van der Waals surface area contributed by atoms with E-state index in [1.54, 1.807) is 0 Å². The van der Waals surface area contributed by atoms with Crippen LogP contribution >= 0.6 is 15.9 Å². The summed E-state index contributed by atoms with van der Waals surface area (Å²) < 4.78 is 0. The first-order valence-electron chi connectivity index (χ1n) is 4.44. The van der Waals surface area contributed by atoms with Gasteiger partial charge in [0.2, 0.25) is 0 Å². The summed E-state index contributed by atoms with van der Waals surface area (Å²) in [6.45, 7) is 11.6. The molecule has 0 aromatic carbocycles. The fraction of sp³-hybridized carbons (Fsp3) is 1.00. The molecule has 0 heterocycles. The van der Waals surface area contributed by atoms with Crippen molar-refractivity contribution in [3.8, 4) is 0 Å². The number of alkyl halides is 1. The second-order valence-corrected chi connectivity index (χ2v) is 5.41. The van der Waals surface area contributed by atoms with Crippen molar-refractivity contribution in [2.45, 2.75) is 41.0 Å². The lowest BCUT2D eigenvalue weighted by molar-refractivity contribution is 0.226. The number of rotatable bonds is 3. The first-order chi connectivity index (χ1) is 4.88. The molecule has 0 N–H and O–H groups in total. The van der Waals surface area contributed by atoms with Gasteiger partial charge in [0.15, 0.2) is 0 Å². The molecule has 0 saturated carbocycles. The van der Waals surface area contributed by atoms with E-state index < -0.39 is 0 Å². The van der Waals surface area contributed by atoms with Gasteiger partial charge in [-0.2, -0.15) is 0 Å². The topological polar surface area (TPSA) is 0 Å². The van der Waals surface area contributed by atoms with E-state index in [0.29, 0.717) is 5.41 Å². The van der Waals surface area contributed by atoms with Crippen molar-refractivity contribution in [1.29, 1.82) is 0 Å². The molecule has 0 saturated heterocycles. The monoisotopic (exact) mass is 220 g/mol. The van der Waals surface area contributed by atoms with Gasteiger partial charge in [-0.15, -0.1) is 0 Å². The molecule has 11 heavy (non-hydrogen) atoms. The lowest BCUT2D eigenvalue weighted by Crippen LogP contribution is -2.19. The lowest BCUT2D eigenvalue weighted by Gasteiger charge is -2.29. The van der Waals surface area contributed by atoms with E-state index in [1.807, 2.05) is 0 Å². The minimum absolute atomic E-state index is 0.469. The van der Waals surface area contributed by atoms with E-state index in [-0.39, 0.29) is 0 Å². The first kappa shape index (κ1) is 11.5. The minimum atomic E-state index is 0.469. The van der Waals surface area contributed by atoms with E-state index in [9.17, 15) is 0 Å². The summed E-state index contributed by atoms with van der Waals surface area (Å²) in [7, 11) is 0. The van der Waals surface area contributed by atoms with Gasteiger partial charge in [-0.25, -0.2) is 0 Å². The normalized spacial score (nSPS) is 18.0. The molecule has 0 bridgehead atoms. The van der Waals surface area contributed by atoms with Crippen LogP contribution in [-0.2, 0) is 0 Å². The van der Waals surface area contributed by atoms with Crippen LogP contribution in [0.4, 0.5) is 0 Å². The van der Waals surface area contributed by atoms with Crippen LogP contribution in [0.2, 0.25) is 0 Å². The van der Waals surface area contributed by atoms with Gasteiger partial charge in [0, 0.05) is 5.33 Å². The Kier molecular flexibility index (Phi) is 4.69.